The average Bonchev–Trinajstić information content (AvgIpc) is 3.01. The van der Waals surface area contributed by atoms with Gasteiger partial charge in [0.05, 0.1) is 7.11 Å². The van der Waals surface area contributed by atoms with Gasteiger partial charge in [0.1, 0.15) is 10.6 Å². The van der Waals surface area contributed by atoms with Crippen molar-refractivity contribution in [2.75, 3.05) is 20.2 Å². The minimum Gasteiger partial charge on any atom is -0.495 e. The van der Waals surface area contributed by atoms with Gasteiger partial charge >= 0.3 is 0 Å². The monoisotopic (exact) mass is 352 g/mol. The van der Waals surface area contributed by atoms with Crippen molar-refractivity contribution in [3.05, 3.63) is 41.3 Å². The van der Waals surface area contributed by atoms with Gasteiger partial charge in [0, 0.05) is 17.5 Å². The van der Waals surface area contributed by atoms with Crippen LogP contribution in [0.4, 0.5) is 0 Å². The minimum atomic E-state index is -0.0438. The molecule has 124 valence electrons. The van der Waals surface area contributed by atoms with Gasteiger partial charge in [-0.3, -0.25) is 4.79 Å². The van der Waals surface area contributed by atoms with E-state index in [-0.39, 0.29) is 24.4 Å². The predicted molar refractivity (Wildman–Crippen MR) is 96.9 cm³/mol. The quantitative estimate of drug-likeness (QED) is 0.887. The molecule has 6 heteroatoms. The van der Waals surface area contributed by atoms with E-state index in [2.05, 4.69) is 10.6 Å². The van der Waals surface area contributed by atoms with E-state index < -0.39 is 0 Å². The van der Waals surface area contributed by atoms with Gasteiger partial charge in [-0.05, 0) is 31.0 Å². The molecule has 0 unspecified atom stereocenters. The van der Waals surface area contributed by atoms with Crippen molar-refractivity contribution in [3.8, 4) is 16.2 Å². The molecule has 1 aromatic heterocycles. The smallest absolute Gasteiger partial charge is 0.265 e. The lowest BCUT2D eigenvalue weighted by molar-refractivity contribution is 0.0932. The molecule has 0 aliphatic carbocycles. The summed E-state index contributed by atoms with van der Waals surface area (Å²) in [6.07, 6.45) is 2.12. The van der Waals surface area contributed by atoms with Crippen LogP contribution in [0.25, 0.3) is 10.4 Å². The van der Waals surface area contributed by atoms with E-state index in [4.69, 9.17) is 4.74 Å². The van der Waals surface area contributed by atoms with Crippen molar-refractivity contribution >= 4 is 29.7 Å². The van der Waals surface area contributed by atoms with E-state index in [0.717, 1.165) is 36.4 Å². The maximum Gasteiger partial charge on any atom is 0.265 e. The first-order chi connectivity index (χ1) is 10.8. The van der Waals surface area contributed by atoms with Crippen molar-refractivity contribution in [2.24, 2.45) is 0 Å². The summed E-state index contributed by atoms with van der Waals surface area (Å²) in [6.45, 7) is 1.87. The van der Waals surface area contributed by atoms with Crippen molar-refractivity contribution in [2.45, 2.75) is 18.9 Å². The molecular weight excluding hydrogens is 332 g/mol. The number of carbonyl (C=O) groups excluding carboxylic acids is 1. The standard InChI is InChI=1S/C17H20N2O2S.ClH/c1-21-14-10-15(12-6-3-2-4-7-12)22-16(14)17(20)19-13-8-5-9-18-11-13;/h2-4,6-7,10,13,18H,5,8-9,11H2,1H3,(H,19,20);1H/t13-;/m0./s1. The Kier molecular flexibility index (Phi) is 6.45. The lowest BCUT2D eigenvalue weighted by atomic mass is 10.1. The highest BCUT2D eigenvalue weighted by Crippen LogP contribution is 2.36. The molecule has 3 rings (SSSR count). The Balaban J connectivity index is 0.00000192. The summed E-state index contributed by atoms with van der Waals surface area (Å²) in [4.78, 5) is 14.2. The van der Waals surface area contributed by atoms with Crippen molar-refractivity contribution in [3.63, 3.8) is 0 Å². The number of piperidine rings is 1. The van der Waals surface area contributed by atoms with Gasteiger partial charge in [0.2, 0.25) is 0 Å². The number of nitrogens with one attached hydrogen (secondary N) is 2. The number of methoxy groups -OCH3 is 1. The van der Waals surface area contributed by atoms with E-state index in [9.17, 15) is 4.79 Å². The number of carbonyl (C=O) groups is 1. The van der Waals surface area contributed by atoms with Crippen molar-refractivity contribution in [1.29, 1.82) is 0 Å². The molecule has 23 heavy (non-hydrogen) atoms. The van der Waals surface area contributed by atoms with Crippen LogP contribution >= 0.6 is 23.7 Å². The first kappa shape index (κ1) is 17.8. The zero-order valence-electron chi connectivity index (χ0n) is 13.0. The van der Waals surface area contributed by atoms with Gasteiger partial charge in [0.15, 0.2) is 0 Å². The molecule has 1 aliphatic rings. The van der Waals surface area contributed by atoms with Crippen molar-refractivity contribution < 1.29 is 9.53 Å². The normalized spacial score (nSPS) is 17.2. The number of hydrogen-bond acceptors (Lipinski definition) is 4. The largest absolute Gasteiger partial charge is 0.495 e. The van der Waals surface area contributed by atoms with Gasteiger partial charge in [-0.15, -0.1) is 23.7 Å². The van der Waals surface area contributed by atoms with Crippen LogP contribution in [0.2, 0.25) is 0 Å². The molecule has 1 saturated heterocycles. The van der Waals surface area contributed by atoms with E-state index >= 15 is 0 Å². The maximum absolute atomic E-state index is 12.5. The van der Waals surface area contributed by atoms with Gasteiger partial charge in [-0.1, -0.05) is 30.3 Å². The molecule has 4 nitrogen and oxygen atoms in total. The number of benzene rings is 1. The van der Waals surface area contributed by atoms with Crippen LogP contribution in [0.3, 0.4) is 0 Å². The highest BCUT2D eigenvalue weighted by molar-refractivity contribution is 7.17. The summed E-state index contributed by atoms with van der Waals surface area (Å²) < 4.78 is 5.39. The zero-order valence-corrected chi connectivity index (χ0v) is 14.6. The third-order valence-electron chi connectivity index (χ3n) is 3.81. The van der Waals surface area contributed by atoms with Crippen LogP contribution in [-0.2, 0) is 0 Å². The van der Waals surface area contributed by atoms with E-state index in [1.165, 1.54) is 11.3 Å². The van der Waals surface area contributed by atoms with Crippen LogP contribution in [0.5, 0.6) is 5.75 Å². The maximum atomic E-state index is 12.5. The van der Waals surface area contributed by atoms with Gasteiger partial charge in [0.25, 0.3) is 5.91 Å². The fourth-order valence-corrected chi connectivity index (χ4v) is 3.69. The molecule has 0 spiro atoms. The number of thiophene rings is 1. The van der Waals surface area contributed by atoms with E-state index in [1.807, 2.05) is 36.4 Å². The number of halogens is 1. The molecule has 1 aromatic carbocycles. The molecule has 2 heterocycles. The molecule has 1 amide bonds. The highest BCUT2D eigenvalue weighted by Gasteiger charge is 2.21. The molecule has 0 saturated carbocycles. The number of rotatable bonds is 4. The number of hydrogen-bond donors (Lipinski definition) is 2. The summed E-state index contributed by atoms with van der Waals surface area (Å²) in [6, 6.07) is 12.2. The Morgan fingerprint density at radius 3 is 2.78 bits per heavy atom. The second kappa shape index (κ2) is 8.34. The number of ether oxygens (including phenoxy) is 1. The van der Waals surface area contributed by atoms with Crippen LogP contribution in [0.15, 0.2) is 36.4 Å². The van der Waals surface area contributed by atoms with Crippen molar-refractivity contribution in [1.82, 2.24) is 10.6 Å². The molecule has 2 aromatic rings. The fourth-order valence-electron chi connectivity index (χ4n) is 2.65. The molecule has 1 aliphatic heterocycles. The van der Waals surface area contributed by atoms with E-state index in [1.54, 1.807) is 7.11 Å². The summed E-state index contributed by atoms with van der Waals surface area (Å²) in [5.41, 5.74) is 1.10. The van der Waals surface area contributed by atoms with Crippen LogP contribution < -0.4 is 15.4 Å². The molecule has 2 N–H and O–H groups in total. The average molecular weight is 353 g/mol. The van der Waals surface area contributed by atoms with Gasteiger partial charge in [-0.2, -0.15) is 0 Å². The van der Waals surface area contributed by atoms with Crippen LogP contribution in [0, 0.1) is 0 Å². The second-order valence-corrected chi connectivity index (χ2v) is 6.44. The highest BCUT2D eigenvalue weighted by atomic mass is 35.5. The Bertz CT molecular complexity index is 639. The fraction of sp³-hybridized carbons (Fsp3) is 0.353. The Hall–Kier alpha value is -1.56. The predicted octanol–water partition coefficient (Wildman–Crippen LogP) is 3.33. The SMILES string of the molecule is COc1cc(-c2ccccc2)sc1C(=O)N[C@H]1CCCNC1.Cl. The topological polar surface area (TPSA) is 50.4 Å². The Morgan fingerprint density at radius 1 is 1.35 bits per heavy atom. The first-order valence-corrected chi connectivity index (χ1v) is 8.34. The summed E-state index contributed by atoms with van der Waals surface area (Å²) in [5, 5.41) is 6.41. The summed E-state index contributed by atoms with van der Waals surface area (Å²) in [7, 11) is 1.61. The second-order valence-electron chi connectivity index (χ2n) is 5.39. The third-order valence-corrected chi connectivity index (χ3v) is 4.98. The lowest BCUT2D eigenvalue weighted by Crippen LogP contribution is -2.45. The summed E-state index contributed by atoms with van der Waals surface area (Å²) in [5.74, 6) is 0.600. The lowest BCUT2D eigenvalue weighted by Gasteiger charge is -2.23. The van der Waals surface area contributed by atoms with Crippen LogP contribution in [-0.4, -0.2) is 32.1 Å². The van der Waals surface area contributed by atoms with Gasteiger partial charge < -0.3 is 15.4 Å². The summed E-state index contributed by atoms with van der Waals surface area (Å²) >= 11 is 1.48. The molecule has 0 radical (unpaired) electrons. The number of amides is 1. The van der Waals surface area contributed by atoms with E-state index in [0.29, 0.717) is 10.6 Å². The third kappa shape index (κ3) is 4.25. The van der Waals surface area contributed by atoms with Gasteiger partial charge in [-0.25, -0.2) is 0 Å². The van der Waals surface area contributed by atoms with Crippen LogP contribution in [0.1, 0.15) is 22.5 Å². The molecule has 1 atom stereocenters. The minimum absolute atomic E-state index is 0. The Morgan fingerprint density at radius 2 is 2.13 bits per heavy atom. The molecule has 1 fully saturated rings. The Labute approximate surface area is 146 Å². The molecular formula is C17H21ClN2O2S. The first-order valence-electron chi connectivity index (χ1n) is 7.53. The molecule has 0 bridgehead atoms. The zero-order chi connectivity index (χ0) is 15.4.